The van der Waals surface area contributed by atoms with Gasteiger partial charge in [-0.15, -0.1) is 0 Å². The van der Waals surface area contributed by atoms with Gasteiger partial charge in [-0.05, 0) is 31.4 Å². The van der Waals surface area contributed by atoms with Crippen LogP contribution < -0.4 is 15.5 Å². The molecular weight excluding hydrogens is 318 g/mol. The number of ether oxygens (including phenoxy) is 1. The predicted octanol–water partition coefficient (Wildman–Crippen LogP) is -1.17. The zero-order valence-corrected chi connectivity index (χ0v) is 14.6. The number of carbonyl (C=O) groups excluding carboxylic acids is 2. The lowest BCUT2D eigenvalue weighted by Crippen LogP contribution is -3.26. The summed E-state index contributed by atoms with van der Waals surface area (Å²) >= 11 is 0. The molecule has 4 rings (SSSR count). The molecule has 0 aliphatic carbocycles. The van der Waals surface area contributed by atoms with Gasteiger partial charge in [-0.1, -0.05) is 12.1 Å². The number of hydrogen-bond acceptors (Lipinski definition) is 3. The first-order valence-electron chi connectivity index (χ1n) is 9.41. The highest BCUT2D eigenvalue weighted by Gasteiger charge is 2.52. The lowest BCUT2D eigenvalue weighted by molar-refractivity contribution is -0.993. The summed E-state index contributed by atoms with van der Waals surface area (Å²) in [7, 11) is 0. The number of carbonyl (C=O) groups is 2. The van der Waals surface area contributed by atoms with Crippen molar-refractivity contribution >= 4 is 11.9 Å². The van der Waals surface area contributed by atoms with Gasteiger partial charge in [-0.25, -0.2) is 4.79 Å². The molecule has 3 heterocycles. The summed E-state index contributed by atoms with van der Waals surface area (Å²) < 4.78 is 5.65. The maximum atomic E-state index is 12.4. The van der Waals surface area contributed by atoms with E-state index in [2.05, 4.69) is 0 Å². The van der Waals surface area contributed by atoms with E-state index in [1.165, 1.54) is 29.1 Å². The number of quaternary nitrogens is 2. The summed E-state index contributed by atoms with van der Waals surface area (Å²) in [6.07, 6.45) is 4.89. The second-order valence-corrected chi connectivity index (χ2v) is 7.64. The number of amides is 1. The number of esters is 1. The normalized spacial score (nSPS) is 32.9. The van der Waals surface area contributed by atoms with E-state index in [-0.39, 0.29) is 18.1 Å². The van der Waals surface area contributed by atoms with Crippen molar-refractivity contribution in [3.63, 3.8) is 0 Å². The first kappa shape index (κ1) is 16.5. The van der Waals surface area contributed by atoms with Crippen molar-refractivity contribution in [2.75, 3.05) is 26.2 Å². The van der Waals surface area contributed by atoms with E-state index in [0.29, 0.717) is 5.56 Å². The van der Waals surface area contributed by atoms with E-state index >= 15 is 0 Å². The van der Waals surface area contributed by atoms with Gasteiger partial charge in [0.15, 0.2) is 5.54 Å². The highest BCUT2D eigenvalue weighted by Crippen LogP contribution is 2.27. The monoisotopic (exact) mass is 345 g/mol. The molecule has 1 aromatic rings. The number of benzene rings is 1. The predicted molar refractivity (Wildman–Crippen MR) is 91.0 cm³/mol. The number of piperidine rings is 2. The first-order chi connectivity index (χ1) is 12.1. The third kappa shape index (κ3) is 2.73. The molecule has 3 aliphatic rings. The molecule has 2 fully saturated rings. The van der Waals surface area contributed by atoms with E-state index in [4.69, 9.17) is 10.5 Å². The topological polar surface area (TPSA) is 78.3 Å². The highest BCUT2D eigenvalue weighted by atomic mass is 16.6. The highest BCUT2D eigenvalue weighted by molar-refractivity contribution is 5.93. The molecule has 3 aliphatic heterocycles. The molecule has 0 aromatic heterocycles. The van der Waals surface area contributed by atoms with E-state index in [1.807, 2.05) is 24.3 Å². The van der Waals surface area contributed by atoms with Crippen LogP contribution in [0.1, 0.15) is 54.3 Å². The number of cyclic esters (lactones) is 1. The van der Waals surface area contributed by atoms with Crippen LogP contribution in [0, 0.1) is 0 Å². The lowest BCUT2D eigenvalue weighted by Gasteiger charge is -2.44. The van der Waals surface area contributed by atoms with Gasteiger partial charge in [0, 0.05) is 0 Å². The largest absolute Gasteiger partial charge is 0.404 e. The van der Waals surface area contributed by atoms with Gasteiger partial charge in [0.1, 0.15) is 0 Å². The summed E-state index contributed by atoms with van der Waals surface area (Å²) in [6, 6.07) is 7.62. The molecule has 1 unspecified atom stereocenters. The molecular formula is C19H27N3O3+2. The van der Waals surface area contributed by atoms with Crippen molar-refractivity contribution in [2.45, 2.75) is 43.9 Å². The summed E-state index contributed by atoms with van der Waals surface area (Å²) in [6.45, 7) is 3.69. The summed E-state index contributed by atoms with van der Waals surface area (Å²) in [5.41, 5.74) is 7.08. The minimum atomic E-state index is -0.438. The van der Waals surface area contributed by atoms with Crippen LogP contribution in [-0.2, 0) is 9.53 Å². The fourth-order valence-corrected chi connectivity index (χ4v) is 4.94. The Kier molecular flexibility index (Phi) is 4.25. The molecule has 0 radical (unpaired) electrons. The van der Waals surface area contributed by atoms with Crippen LogP contribution in [0.4, 0.5) is 0 Å². The maximum absolute atomic E-state index is 12.4. The molecule has 0 bridgehead atoms. The smallest absolute Gasteiger partial charge is 0.343 e. The van der Waals surface area contributed by atoms with E-state index < -0.39 is 5.54 Å². The molecule has 0 saturated carbocycles. The van der Waals surface area contributed by atoms with Gasteiger partial charge in [0.2, 0.25) is 0 Å². The minimum Gasteiger partial charge on any atom is -0.404 e. The number of nitrogens with two attached hydrogens (primary N) is 1. The van der Waals surface area contributed by atoms with Crippen LogP contribution in [0.3, 0.4) is 0 Å². The number of primary amides is 1. The quantitative estimate of drug-likeness (QED) is 0.604. The Bertz CT molecular complexity index is 676. The lowest BCUT2D eigenvalue weighted by atomic mass is 9.83. The van der Waals surface area contributed by atoms with Crippen LogP contribution in [-0.4, -0.2) is 43.6 Å². The average molecular weight is 345 g/mol. The van der Waals surface area contributed by atoms with Crippen LogP contribution >= 0.6 is 0 Å². The van der Waals surface area contributed by atoms with E-state index in [1.54, 1.807) is 0 Å². The standard InChI is InChI=1S/C19H25N3O3/c20-18(24)19(22-10-4-1-5-11-22)8-12-21(13-9-19)16-14-6-2-3-7-15(14)17(23)25-16/h2-3,6-7,16H,1,4-5,8-13H2,(H2,20,24)/p+2. The van der Waals surface area contributed by atoms with Crippen molar-refractivity contribution < 1.29 is 24.1 Å². The fraction of sp³-hybridized carbons (Fsp3) is 0.579. The first-order valence-corrected chi connectivity index (χ1v) is 9.41. The molecule has 6 nitrogen and oxygen atoms in total. The summed E-state index contributed by atoms with van der Waals surface area (Å²) in [4.78, 5) is 27.0. The molecule has 1 atom stereocenters. The zero-order valence-electron chi connectivity index (χ0n) is 14.6. The molecule has 4 N–H and O–H groups in total. The van der Waals surface area contributed by atoms with Gasteiger partial charge >= 0.3 is 5.97 Å². The van der Waals surface area contributed by atoms with Gasteiger partial charge in [0.05, 0.1) is 50.1 Å². The molecule has 6 heteroatoms. The number of hydrogen-bond donors (Lipinski definition) is 3. The number of fused-ring (bicyclic) bond motifs is 1. The Hall–Kier alpha value is -1.92. The van der Waals surface area contributed by atoms with Gasteiger partial charge in [-0.2, -0.15) is 0 Å². The van der Waals surface area contributed by atoms with Crippen molar-refractivity contribution in [2.24, 2.45) is 5.73 Å². The number of rotatable bonds is 3. The molecule has 1 aromatic carbocycles. The van der Waals surface area contributed by atoms with E-state index in [0.717, 1.165) is 44.6 Å². The molecule has 25 heavy (non-hydrogen) atoms. The van der Waals surface area contributed by atoms with Crippen LogP contribution in [0.25, 0.3) is 0 Å². The second-order valence-electron chi connectivity index (χ2n) is 7.64. The fourth-order valence-electron chi connectivity index (χ4n) is 4.94. The molecule has 1 amide bonds. The van der Waals surface area contributed by atoms with Crippen molar-refractivity contribution in [1.82, 2.24) is 0 Å². The van der Waals surface area contributed by atoms with Gasteiger partial charge in [0.25, 0.3) is 12.1 Å². The molecule has 134 valence electrons. The second kappa shape index (κ2) is 6.42. The van der Waals surface area contributed by atoms with Crippen molar-refractivity contribution in [3.8, 4) is 0 Å². The van der Waals surface area contributed by atoms with Crippen molar-refractivity contribution in [1.29, 1.82) is 0 Å². The Morgan fingerprint density at radius 1 is 1.08 bits per heavy atom. The number of nitrogens with one attached hydrogen (secondary N) is 2. The zero-order chi connectivity index (χ0) is 17.4. The third-order valence-electron chi connectivity index (χ3n) is 6.41. The Morgan fingerprint density at radius 2 is 1.76 bits per heavy atom. The molecule has 0 spiro atoms. The Labute approximate surface area is 147 Å². The average Bonchev–Trinajstić information content (AvgIpc) is 2.99. The van der Waals surface area contributed by atoms with Gasteiger partial charge < -0.3 is 15.4 Å². The van der Waals surface area contributed by atoms with Crippen LogP contribution in [0.2, 0.25) is 0 Å². The Morgan fingerprint density at radius 3 is 2.44 bits per heavy atom. The SMILES string of the molecule is NC(=O)C1([NH+]2CCCCC2)CC[NH+](C2OC(=O)c3ccccc32)CC1. The van der Waals surface area contributed by atoms with Crippen LogP contribution in [0.5, 0.6) is 0 Å². The van der Waals surface area contributed by atoms with E-state index in [9.17, 15) is 9.59 Å². The van der Waals surface area contributed by atoms with Crippen molar-refractivity contribution in [3.05, 3.63) is 35.4 Å². The molecule has 2 saturated heterocycles. The summed E-state index contributed by atoms with van der Waals surface area (Å²) in [5.74, 6) is -0.395. The van der Waals surface area contributed by atoms with Gasteiger partial charge in [-0.3, -0.25) is 9.69 Å². The third-order valence-corrected chi connectivity index (χ3v) is 6.41. The summed E-state index contributed by atoms with van der Waals surface area (Å²) in [5, 5.41) is 0. The van der Waals surface area contributed by atoms with Crippen LogP contribution in [0.15, 0.2) is 24.3 Å². The maximum Gasteiger partial charge on any atom is 0.343 e. The minimum absolute atomic E-state index is 0.160. The Balaban J connectivity index is 1.51. The number of likely N-dealkylation sites (tertiary alicyclic amines) is 2.